The molecular weight excluding hydrogens is 352 g/mol. The molecule has 2 aromatic carbocycles. The zero-order valence-electron chi connectivity index (χ0n) is 15.5. The lowest BCUT2D eigenvalue weighted by atomic mass is 10.1. The van der Waals surface area contributed by atoms with E-state index in [0.29, 0.717) is 12.2 Å². The average molecular weight is 375 g/mol. The minimum Gasteiger partial charge on any atom is -0.344 e. The highest BCUT2D eigenvalue weighted by atomic mass is 32.1. The molecule has 0 saturated carbocycles. The predicted molar refractivity (Wildman–Crippen MR) is 112 cm³/mol. The van der Waals surface area contributed by atoms with Crippen LogP contribution < -0.4 is 5.32 Å². The fraction of sp³-hybridized carbons (Fsp3) is 0.174. The third-order valence-electron chi connectivity index (χ3n) is 4.81. The summed E-state index contributed by atoms with van der Waals surface area (Å²) in [6.45, 7) is 4.80. The van der Waals surface area contributed by atoms with Gasteiger partial charge in [0.15, 0.2) is 0 Å². The Morgan fingerprint density at radius 1 is 1.07 bits per heavy atom. The van der Waals surface area contributed by atoms with Gasteiger partial charge in [0.1, 0.15) is 10.5 Å². The zero-order chi connectivity index (χ0) is 18.8. The van der Waals surface area contributed by atoms with Crippen LogP contribution in [0.25, 0.3) is 10.2 Å². The predicted octanol–water partition coefficient (Wildman–Crippen LogP) is 5.55. The first-order chi connectivity index (χ1) is 13.1. The van der Waals surface area contributed by atoms with E-state index in [1.54, 1.807) is 11.3 Å². The number of hydrogen-bond donors (Lipinski definition) is 1. The standard InChI is InChI=1S/C23H22N2OS/c1-16-7-6-8-18(13-16)15-25-21(14-20-11-12-27-23(20)25)22(26)24-17(2)19-9-4-3-5-10-19/h3-14,17H,15H2,1-2H3,(H,24,26). The van der Waals surface area contributed by atoms with Crippen molar-refractivity contribution in [2.45, 2.75) is 26.4 Å². The van der Waals surface area contributed by atoms with Crippen molar-refractivity contribution >= 4 is 27.5 Å². The Bertz CT molecular complexity index is 1080. The van der Waals surface area contributed by atoms with Crippen molar-refractivity contribution < 1.29 is 4.79 Å². The summed E-state index contributed by atoms with van der Waals surface area (Å²) in [5, 5.41) is 6.34. The topological polar surface area (TPSA) is 34.0 Å². The van der Waals surface area contributed by atoms with Crippen molar-refractivity contribution in [3.63, 3.8) is 0 Å². The second-order valence-corrected chi connectivity index (χ2v) is 7.79. The molecule has 0 aliphatic heterocycles. The Labute approximate surface area is 163 Å². The number of carbonyl (C=O) groups is 1. The molecule has 1 amide bonds. The van der Waals surface area contributed by atoms with Gasteiger partial charge >= 0.3 is 0 Å². The molecule has 4 rings (SSSR count). The molecule has 0 fully saturated rings. The number of nitrogens with zero attached hydrogens (tertiary/aromatic N) is 1. The highest BCUT2D eigenvalue weighted by Gasteiger charge is 2.19. The first-order valence-corrected chi connectivity index (χ1v) is 9.98. The number of rotatable bonds is 5. The van der Waals surface area contributed by atoms with Gasteiger partial charge < -0.3 is 9.88 Å². The van der Waals surface area contributed by atoms with Gasteiger partial charge in [-0.25, -0.2) is 0 Å². The van der Waals surface area contributed by atoms with Gasteiger partial charge in [-0.05, 0) is 42.5 Å². The van der Waals surface area contributed by atoms with E-state index in [-0.39, 0.29) is 11.9 Å². The Morgan fingerprint density at radius 3 is 2.67 bits per heavy atom. The number of aromatic nitrogens is 1. The van der Waals surface area contributed by atoms with Crippen LogP contribution in [-0.4, -0.2) is 10.5 Å². The molecule has 0 radical (unpaired) electrons. The van der Waals surface area contributed by atoms with Crippen molar-refractivity contribution in [3.05, 3.63) is 94.5 Å². The van der Waals surface area contributed by atoms with E-state index in [1.165, 1.54) is 11.1 Å². The highest BCUT2D eigenvalue weighted by Crippen LogP contribution is 2.27. The van der Waals surface area contributed by atoms with E-state index in [0.717, 1.165) is 15.8 Å². The lowest BCUT2D eigenvalue weighted by molar-refractivity contribution is 0.0931. The largest absolute Gasteiger partial charge is 0.344 e. The Balaban J connectivity index is 1.65. The smallest absolute Gasteiger partial charge is 0.268 e. The van der Waals surface area contributed by atoms with Crippen molar-refractivity contribution in [1.82, 2.24) is 9.88 Å². The molecule has 2 aromatic heterocycles. The summed E-state index contributed by atoms with van der Waals surface area (Å²) in [5.74, 6) is -0.0394. The summed E-state index contributed by atoms with van der Waals surface area (Å²) in [6.07, 6.45) is 0. The molecular formula is C23H22N2OS. The molecule has 4 heteroatoms. The molecule has 4 aromatic rings. The summed E-state index contributed by atoms with van der Waals surface area (Å²) >= 11 is 1.67. The van der Waals surface area contributed by atoms with Crippen LogP contribution >= 0.6 is 11.3 Å². The Kier molecular flexibility index (Phi) is 4.82. The quantitative estimate of drug-likeness (QED) is 0.488. The molecule has 1 unspecified atom stereocenters. The van der Waals surface area contributed by atoms with Crippen LogP contribution in [-0.2, 0) is 6.54 Å². The number of thiophene rings is 1. The van der Waals surface area contributed by atoms with Crippen LogP contribution in [0.5, 0.6) is 0 Å². The molecule has 2 heterocycles. The van der Waals surface area contributed by atoms with E-state index >= 15 is 0 Å². The first-order valence-electron chi connectivity index (χ1n) is 9.10. The fourth-order valence-electron chi connectivity index (χ4n) is 3.41. The summed E-state index contributed by atoms with van der Waals surface area (Å²) in [7, 11) is 0. The Morgan fingerprint density at radius 2 is 1.89 bits per heavy atom. The van der Waals surface area contributed by atoms with Gasteiger partial charge in [0.2, 0.25) is 0 Å². The molecule has 1 atom stereocenters. The lowest BCUT2D eigenvalue weighted by Gasteiger charge is -2.16. The first kappa shape index (κ1) is 17.6. The second kappa shape index (κ2) is 7.41. The second-order valence-electron chi connectivity index (χ2n) is 6.89. The molecule has 0 aliphatic carbocycles. The number of benzene rings is 2. The van der Waals surface area contributed by atoms with Crippen LogP contribution in [0.2, 0.25) is 0 Å². The van der Waals surface area contributed by atoms with Gasteiger partial charge in [-0.3, -0.25) is 4.79 Å². The van der Waals surface area contributed by atoms with Gasteiger partial charge in [-0.2, -0.15) is 0 Å². The molecule has 136 valence electrons. The minimum absolute atomic E-state index is 0.0394. The number of carbonyl (C=O) groups excluding carboxylic acids is 1. The SMILES string of the molecule is Cc1cccc(Cn2c(C(=O)NC(C)c3ccccc3)cc3ccsc32)c1. The van der Waals surface area contributed by atoms with Crippen LogP contribution in [0.4, 0.5) is 0 Å². The number of nitrogens with one attached hydrogen (secondary N) is 1. The summed E-state index contributed by atoms with van der Waals surface area (Å²) in [5.41, 5.74) is 4.24. The van der Waals surface area contributed by atoms with Crippen molar-refractivity contribution in [2.24, 2.45) is 0 Å². The van der Waals surface area contributed by atoms with Crippen LogP contribution in [0, 0.1) is 6.92 Å². The van der Waals surface area contributed by atoms with E-state index in [2.05, 4.69) is 52.5 Å². The maximum absolute atomic E-state index is 13.0. The van der Waals surface area contributed by atoms with Gasteiger partial charge in [-0.15, -0.1) is 11.3 Å². The Hall–Kier alpha value is -2.85. The molecule has 1 N–H and O–H groups in total. The lowest BCUT2D eigenvalue weighted by Crippen LogP contribution is -2.28. The highest BCUT2D eigenvalue weighted by molar-refractivity contribution is 7.16. The third-order valence-corrected chi connectivity index (χ3v) is 5.76. The van der Waals surface area contributed by atoms with E-state index in [9.17, 15) is 4.79 Å². The molecule has 3 nitrogen and oxygen atoms in total. The van der Waals surface area contributed by atoms with E-state index in [1.807, 2.05) is 43.3 Å². The summed E-state index contributed by atoms with van der Waals surface area (Å²) in [4.78, 5) is 14.2. The fourth-order valence-corrected chi connectivity index (χ4v) is 4.31. The maximum atomic E-state index is 13.0. The number of fused-ring (bicyclic) bond motifs is 1. The zero-order valence-corrected chi connectivity index (χ0v) is 16.3. The average Bonchev–Trinajstić information content (AvgIpc) is 3.25. The van der Waals surface area contributed by atoms with Crippen LogP contribution in [0.15, 0.2) is 72.1 Å². The monoisotopic (exact) mass is 374 g/mol. The van der Waals surface area contributed by atoms with E-state index in [4.69, 9.17) is 0 Å². The van der Waals surface area contributed by atoms with Gasteiger partial charge in [-0.1, -0.05) is 60.2 Å². The van der Waals surface area contributed by atoms with Gasteiger partial charge in [0.05, 0.1) is 6.04 Å². The van der Waals surface area contributed by atoms with Crippen molar-refractivity contribution in [3.8, 4) is 0 Å². The van der Waals surface area contributed by atoms with Crippen molar-refractivity contribution in [2.75, 3.05) is 0 Å². The molecule has 0 spiro atoms. The molecule has 0 bridgehead atoms. The number of amides is 1. The summed E-state index contributed by atoms with van der Waals surface area (Å²) in [6, 6.07) is 22.5. The normalized spacial score (nSPS) is 12.2. The van der Waals surface area contributed by atoms with Crippen LogP contribution in [0.1, 0.15) is 40.1 Å². The number of aryl methyl sites for hydroxylation is 1. The minimum atomic E-state index is -0.0425. The molecule has 27 heavy (non-hydrogen) atoms. The summed E-state index contributed by atoms with van der Waals surface area (Å²) < 4.78 is 2.13. The van der Waals surface area contributed by atoms with Gasteiger partial charge in [0, 0.05) is 11.9 Å². The van der Waals surface area contributed by atoms with Crippen molar-refractivity contribution in [1.29, 1.82) is 0 Å². The molecule has 0 saturated heterocycles. The number of hydrogen-bond acceptors (Lipinski definition) is 2. The molecule has 0 aliphatic rings. The van der Waals surface area contributed by atoms with Gasteiger partial charge in [0.25, 0.3) is 5.91 Å². The maximum Gasteiger partial charge on any atom is 0.268 e. The third kappa shape index (κ3) is 3.67. The van der Waals surface area contributed by atoms with Crippen LogP contribution in [0.3, 0.4) is 0 Å². The van der Waals surface area contributed by atoms with E-state index < -0.39 is 0 Å².